The number of aryl methyl sites for hydroxylation is 2. The van der Waals surface area contributed by atoms with Gasteiger partial charge in [-0.05, 0) is 37.3 Å². The van der Waals surface area contributed by atoms with Gasteiger partial charge in [0, 0.05) is 43.1 Å². The van der Waals surface area contributed by atoms with Crippen molar-refractivity contribution in [2.24, 2.45) is 0 Å². The van der Waals surface area contributed by atoms with Gasteiger partial charge >= 0.3 is 0 Å². The first-order valence-corrected chi connectivity index (χ1v) is 9.01. The van der Waals surface area contributed by atoms with Crippen molar-refractivity contribution in [2.75, 3.05) is 38.8 Å². The van der Waals surface area contributed by atoms with Gasteiger partial charge in [-0.15, -0.1) is 0 Å². The molecule has 116 valence electrons. The molecule has 3 nitrogen and oxygen atoms in total. The number of aromatic nitrogens is 1. The van der Waals surface area contributed by atoms with Gasteiger partial charge in [-0.3, -0.25) is 0 Å². The third kappa shape index (κ3) is 4.77. The van der Waals surface area contributed by atoms with Crippen molar-refractivity contribution in [2.45, 2.75) is 19.4 Å². The lowest BCUT2D eigenvalue weighted by atomic mass is 10.1. The van der Waals surface area contributed by atoms with Crippen molar-refractivity contribution in [3.8, 4) is 0 Å². The molecule has 0 aliphatic rings. The van der Waals surface area contributed by atoms with Gasteiger partial charge in [0.2, 0.25) is 0 Å². The summed E-state index contributed by atoms with van der Waals surface area (Å²) in [4.78, 5) is 0. The number of ether oxygens (including phenoxy) is 1. The Morgan fingerprint density at radius 3 is 2.90 bits per heavy atom. The van der Waals surface area contributed by atoms with Gasteiger partial charge < -0.3 is 14.6 Å². The molecule has 0 unspecified atom stereocenters. The van der Waals surface area contributed by atoms with E-state index >= 15 is 0 Å². The highest BCUT2D eigenvalue weighted by molar-refractivity contribution is 7.98. The quantitative estimate of drug-likeness (QED) is 0.683. The van der Waals surface area contributed by atoms with Crippen LogP contribution >= 0.6 is 11.8 Å². The van der Waals surface area contributed by atoms with E-state index in [0.29, 0.717) is 0 Å². The van der Waals surface area contributed by atoms with Crippen LogP contribution < -0.4 is 5.32 Å². The van der Waals surface area contributed by atoms with E-state index in [1.165, 1.54) is 22.9 Å². The molecule has 0 bridgehead atoms. The monoisotopic (exact) mass is 306 g/mol. The third-order valence-electron chi connectivity index (χ3n) is 3.69. The molecule has 0 fully saturated rings. The molecule has 0 amide bonds. The fourth-order valence-electron chi connectivity index (χ4n) is 2.60. The van der Waals surface area contributed by atoms with Gasteiger partial charge in [0.1, 0.15) is 0 Å². The smallest absolute Gasteiger partial charge is 0.0587 e. The Morgan fingerprint density at radius 2 is 2.10 bits per heavy atom. The summed E-state index contributed by atoms with van der Waals surface area (Å²) in [6.45, 7) is 3.86. The Bertz CT molecular complexity index is 539. The fraction of sp³-hybridized carbons (Fsp3) is 0.529. The molecule has 1 aromatic heterocycles. The van der Waals surface area contributed by atoms with Crippen molar-refractivity contribution in [1.82, 2.24) is 9.88 Å². The van der Waals surface area contributed by atoms with Crippen LogP contribution in [-0.4, -0.2) is 43.4 Å². The molecule has 0 atom stereocenters. The summed E-state index contributed by atoms with van der Waals surface area (Å²) in [6.07, 6.45) is 6.81. The van der Waals surface area contributed by atoms with Crippen LogP contribution in [0.2, 0.25) is 0 Å². The topological polar surface area (TPSA) is 26.2 Å². The van der Waals surface area contributed by atoms with Crippen molar-refractivity contribution >= 4 is 22.7 Å². The van der Waals surface area contributed by atoms with Crippen molar-refractivity contribution < 1.29 is 4.74 Å². The Hall–Kier alpha value is -0.970. The average molecular weight is 306 g/mol. The molecule has 0 aliphatic heterocycles. The number of thioether (sulfide) groups is 1. The second-order valence-corrected chi connectivity index (χ2v) is 6.19. The minimum Gasteiger partial charge on any atom is -0.383 e. The van der Waals surface area contributed by atoms with Crippen molar-refractivity contribution in [1.29, 1.82) is 0 Å². The normalized spacial score (nSPS) is 11.3. The second-order valence-electron chi connectivity index (χ2n) is 5.20. The number of nitrogens with zero attached hydrogens (tertiary/aromatic N) is 1. The van der Waals surface area contributed by atoms with Gasteiger partial charge in [-0.25, -0.2) is 0 Å². The molecular weight excluding hydrogens is 280 g/mol. The van der Waals surface area contributed by atoms with Gasteiger partial charge in [0.05, 0.1) is 6.61 Å². The number of fused-ring (bicyclic) bond motifs is 1. The largest absolute Gasteiger partial charge is 0.383 e. The van der Waals surface area contributed by atoms with Crippen LogP contribution in [0.15, 0.2) is 30.5 Å². The standard InChI is InChI=1S/C17H26N2OS/c1-20-12-10-18-9-5-6-15-14-19(11-13-21-2)17-8-4-3-7-16(15)17/h3-4,7-8,14,18H,5-6,9-13H2,1-2H3. The van der Waals surface area contributed by atoms with Gasteiger partial charge in [0.15, 0.2) is 0 Å². The minimum atomic E-state index is 0.786. The maximum Gasteiger partial charge on any atom is 0.0587 e. The number of benzene rings is 1. The summed E-state index contributed by atoms with van der Waals surface area (Å²) < 4.78 is 7.44. The van der Waals surface area contributed by atoms with Crippen LogP contribution in [0.4, 0.5) is 0 Å². The summed E-state index contributed by atoms with van der Waals surface area (Å²) in [7, 11) is 1.74. The number of nitrogens with one attached hydrogen (secondary N) is 1. The number of rotatable bonds is 10. The summed E-state index contributed by atoms with van der Waals surface area (Å²) in [5, 5.41) is 4.82. The Labute approximate surface area is 132 Å². The predicted molar refractivity (Wildman–Crippen MR) is 93.4 cm³/mol. The van der Waals surface area contributed by atoms with Gasteiger partial charge in [-0.2, -0.15) is 11.8 Å². The molecule has 0 radical (unpaired) electrons. The fourth-order valence-corrected chi connectivity index (χ4v) is 2.98. The van der Waals surface area contributed by atoms with Crippen LogP contribution in [-0.2, 0) is 17.7 Å². The average Bonchev–Trinajstić information content (AvgIpc) is 2.87. The Morgan fingerprint density at radius 1 is 1.24 bits per heavy atom. The lowest BCUT2D eigenvalue weighted by Crippen LogP contribution is -2.20. The van der Waals surface area contributed by atoms with Crippen LogP contribution in [0.25, 0.3) is 10.9 Å². The first kappa shape index (κ1) is 16.4. The minimum absolute atomic E-state index is 0.786. The van der Waals surface area contributed by atoms with Gasteiger partial charge in [0.25, 0.3) is 0 Å². The summed E-state index contributed by atoms with van der Waals surface area (Å²) >= 11 is 1.90. The molecular formula is C17H26N2OS. The van der Waals surface area contributed by atoms with E-state index in [0.717, 1.165) is 38.4 Å². The molecule has 4 heteroatoms. The van der Waals surface area contributed by atoms with Crippen LogP contribution in [0, 0.1) is 0 Å². The maximum atomic E-state index is 5.04. The predicted octanol–water partition coefficient (Wildman–Crippen LogP) is 3.17. The van der Waals surface area contributed by atoms with E-state index in [2.05, 4.69) is 46.6 Å². The zero-order valence-electron chi connectivity index (χ0n) is 13.1. The zero-order chi connectivity index (χ0) is 14.9. The number of hydrogen-bond acceptors (Lipinski definition) is 3. The SMILES string of the molecule is COCCNCCCc1cn(CCSC)c2ccccc12. The molecule has 2 aromatic rings. The van der Waals surface area contributed by atoms with E-state index in [1.807, 2.05) is 11.8 Å². The second kappa shape index (κ2) is 9.13. The number of methoxy groups -OCH3 is 1. The molecule has 1 heterocycles. The Balaban J connectivity index is 1.95. The Kier molecular flexibility index (Phi) is 7.13. The van der Waals surface area contributed by atoms with Crippen LogP contribution in [0.3, 0.4) is 0 Å². The number of para-hydroxylation sites is 1. The third-order valence-corrected chi connectivity index (χ3v) is 4.28. The van der Waals surface area contributed by atoms with E-state index in [1.54, 1.807) is 7.11 Å². The van der Waals surface area contributed by atoms with Crippen LogP contribution in [0.1, 0.15) is 12.0 Å². The lowest BCUT2D eigenvalue weighted by molar-refractivity contribution is 0.199. The molecule has 1 N–H and O–H groups in total. The van der Waals surface area contributed by atoms with Gasteiger partial charge in [-0.1, -0.05) is 18.2 Å². The van der Waals surface area contributed by atoms with Crippen LogP contribution in [0.5, 0.6) is 0 Å². The lowest BCUT2D eigenvalue weighted by Gasteiger charge is -2.03. The molecule has 2 rings (SSSR count). The highest BCUT2D eigenvalue weighted by atomic mass is 32.2. The van der Waals surface area contributed by atoms with E-state index < -0.39 is 0 Å². The molecule has 0 saturated heterocycles. The zero-order valence-corrected chi connectivity index (χ0v) is 13.9. The highest BCUT2D eigenvalue weighted by Gasteiger charge is 2.07. The summed E-state index contributed by atoms with van der Waals surface area (Å²) in [5.41, 5.74) is 2.84. The van der Waals surface area contributed by atoms with E-state index in [-0.39, 0.29) is 0 Å². The maximum absolute atomic E-state index is 5.04. The summed E-state index contributed by atoms with van der Waals surface area (Å²) in [5.74, 6) is 1.16. The van der Waals surface area contributed by atoms with E-state index in [4.69, 9.17) is 4.74 Å². The molecule has 0 spiro atoms. The highest BCUT2D eigenvalue weighted by Crippen LogP contribution is 2.22. The molecule has 0 saturated carbocycles. The molecule has 21 heavy (non-hydrogen) atoms. The van der Waals surface area contributed by atoms with Crippen molar-refractivity contribution in [3.63, 3.8) is 0 Å². The first-order chi connectivity index (χ1) is 10.4. The first-order valence-electron chi connectivity index (χ1n) is 7.62. The summed E-state index contributed by atoms with van der Waals surface area (Å²) in [6, 6.07) is 8.75. The molecule has 1 aromatic carbocycles. The number of hydrogen-bond donors (Lipinski definition) is 1. The van der Waals surface area contributed by atoms with Crippen molar-refractivity contribution in [3.05, 3.63) is 36.0 Å². The van der Waals surface area contributed by atoms with E-state index in [9.17, 15) is 0 Å². The molecule has 0 aliphatic carbocycles.